The predicted molar refractivity (Wildman–Crippen MR) is 79.9 cm³/mol. The quantitative estimate of drug-likeness (QED) is 0.917. The van der Waals surface area contributed by atoms with E-state index >= 15 is 0 Å². The highest BCUT2D eigenvalue weighted by Crippen LogP contribution is 2.33. The molecule has 0 amide bonds. The van der Waals surface area contributed by atoms with Crippen molar-refractivity contribution in [3.63, 3.8) is 0 Å². The Balaban J connectivity index is 2.38. The van der Waals surface area contributed by atoms with Gasteiger partial charge >= 0.3 is 5.97 Å². The molecule has 2 aromatic rings. The molecule has 4 heteroatoms. The normalized spacial score (nSPS) is 11.4. The van der Waals surface area contributed by atoms with E-state index in [4.69, 9.17) is 9.15 Å². The Labute approximate surface area is 124 Å². The second-order valence-electron chi connectivity index (χ2n) is 6.00. The van der Waals surface area contributed by atoms with Crippen molar-refractivity contribution >= 4 is 5.97 Å². The van der Waals surface area contributed by atoms with Crippen molar-refractivity contribution in [1.29, 1.82) is 0 Å². The summed E-state index contributed by atoms with van der Waals surface area (Å²) in [6, 6.07) is 9.32. The lowest BCUT2D eigenvalue weighted by atomic mass is 9.89. The molecule has 1 aromatic carbocycles. The van der Waals surface area contributed by atoms with E-state index in [2.05, 4.69) is 0 Å². The number of rotatable bonds is 4. The number of carbonyl (C=O) groups is 1. The average molecular weight is 288 g/mol. The summed E-state index contributed by atoms with van der Waals surface area (Å²) >= 11 is 0. The van der Waals surface area contributed by atoms with Crippen molar-refractivity contribution in [3.8, 4) is 5.75 Å². The van der Waals surface area contributed by atoms with Crippen LogP contribution in [-0.2, 0) is 12.0 Å². The van der Waals surface area contributed by atoms with E-state index in [0.717, 1.165) is 0 Å². The smallest absolute Gasteiger partial charge is 0.339 e. The van der Waals surface area contributed by atoms with Gasteiger partial charge in [-0.25, -0.2) is 4.79 Å². The van der Waals surface area contributed by atoms with Crippen LogP contribution in [0.3, 0.4) is 0 Å². The third-order valence-corrected chi connectivity index (χ3v) is 3.20. The number of aryl methyl sites for hydroxylation is 1. The molecule has 0 saturated heterocycles. The van der Waals surface area contributed by atoms with E-state index in [0.29, 0.717) is 22.8 Å². The van der Waals surface area contributed by atoms with Crippen molar-refractivity contribution in [3.05, 3.63) is 53.0 Å². The third kappa shape index (κ3) is 3.27. The molecule has 1 heterocycles. The largest absolute Gasteiger partial charge is 0.489 e. The molecular formula is C17H20O4. The van der Waals surface area contributed by atoms with Gasteiger partial charge in [-0.05, 0) is 19.1 Å². The second-order valence-corrected chi connectivity index (χ2v) is 6.00. The van der Waals surface area contributed by atoms with Gasteiger partial charge in [-0.1, -0.05) is 39.0 Å². The first-order valence-electron chi connectivity index (χ1n) is 6.84. The second kappa shape index (κ2) is 5.64. The Morgan fingerprint density at radius 1 is 1.24 bits per heavy atom. The molecule has 0 aliphatic heterocycles. The zero-order chi connectivity index (χ0) is 15.6. The number of hydrogen-bond donors (Lipinski definition) is 1. The summed E-state index contributed by atoms with van der Waals surface area (Å²) in [7, 11) is 0. The zero-order valence-electron chi connectivity index (χ0n) is 12.8. The van der Waals surface area contributed by atoms with Crippen LogP contribution in [0.2, 0.25) is 0 Å². The van der Waals surface area contributed by atoms with Crippen molar-refractivity contribution in [2.24, 2.45) is 0 Å². The maximum Gasteiger partial charge on any atom is 0.339 e. The van der Waals surface area contributed by atoms with E-state index in [-0.39, 0.29) is 17.6 Å². The van der Waals surface area contributed by atoms with Gasteiger partial charge in [0.1, 0.15) is 29.4 Å². The molecule has 4 nitrogen and oxygen atoms in total. The van der Waals surface area contributed by atoms with Gasteiger partial charge in [-0.15, -0.1) is 0 Å². The Morgan fingerprint density at radius 3 is 2.38 bits per heavy atom. The molecular weight excluding hydrogens is 268 g/mol. The number of carboxylic acids is 1. The molecule has 0 aliphatic rings. The topological polar surface area (TPSA) is 59.7 Å². The van der Waals surface area contributed by atoms with Crippen LogP contribution >= 0.6 is 0 Å². The van der Waals surface area contributed by atoms with Crippen LogP contribution < -0.4 is 4.74 Å². The monoisotopic (exact) mass is 288 g/mol. The van der Waals surface area contributed by atoms with Gasteiger partial charge in [0.2, 0.25) is 0 Å². The van der Waals surface area contributed by atoms with Gasteiger partial charge < -0.3 is 14.3 Å². The number of para-hydroxylation sites is 1. The lowest BCUT2D eigenvalue weighted by Gasteiger charge is -2.18. The summed E-state index contributed by atoms with van der Waals surface area (Å²) in [5, 5.41) is 9.41. The molecule has 112 valence electrons. The summed E-state index contributed by atoms with van der Waals surface area (Å²) in [4.78, 5) is 11.5. The van der Waals surface area contributed by atoms with Gasteiger partial charge in [-0.3, -0.25) is 0 Å². The van der Waals surface area contributed by atoms with Crippen molar-refractivity contribution in [1.82, 2.24) is 0 Å². The number of ether oxygens (including phenoxy) is 1. The van der Waals surface area contributed by atoms with Crippen LogP contribution in [0.1, 0.15) is 48.2 Å². The molecule has 0 saturated carbocycles. The Morgan fingerprint density at radius 2 is 1.86 bits per heavy atom. The molecule has 0 spiro atoms. The highest BCUT2D eigenvalue weighted by Gasteiger charge is 2.30. The van der Waals surface area contributed by atoms with Gasteiger partial charge in [0.25, 0.3) is 0 Å². The summed E-state index contributed by atoms with van der Waals surface area (Å²) in [6.45, 7) is 7.81. The van der Waals surface area contributed by atoms with E-state index in [9.17, 15) is 9.90 Å². The van der Waals surface area contributed by atoms with Crippen LogP contribution in [0.4, 0.5) is 0 Å². The van der Waals surface area contributed by atoms with Crippen LogP contribution in [-0.4, -0.2) is 11.1 Å². The Kier molecular flexibility index (Phi) is 4.07. The minimum Gasteiger partial charge on any atom is -0.489 e. The van der Waals surface area contributed by atoms with Crippen molar-refractivity contribution in [2.75, 3.05) is 0 Å². The maximum absolute atomic E-state index is 11.5. The summed E-state index contributed by atoms with van der Waals surface area (Å²) < 4.78 is 11.4. The standard InChI is InChI=1S/C17H20O4/c1-11-14(16(18)19)13(15(21-11)17(2,3)4)10-20-12-8-6-5-7-9-12/h5-9H,10H2,1-4H3,(H,18,19). The molecule has 0 atom stereocenters. The zero-order valence-corrected chi connectivity index (χ0v) is 12.8. The Hall–Kier alpha value is -2.23. The maximum atomic E-state index is 11.5. The number of carboxylic acid groups (broad SMARTS) is 1. The van der Waals surface area contributed by atoms with Crippen LogP contribution in [0.5, 0.6) is 5.75 Å². The van der Waals surface area contributed by atoms with Crippen LogP contribution in [0.25, 0.3) is 0 Å². The summed E-state index contributed by atoms with van der Waals surface area (Å²) in [5.41, 5.74) is 0.528. The fourth-order valence-electron chi connectivity index (χ4n) is 2.29. The summed E-state index contributed by atoms with van der Waals surface area (Å²) in [5.74, 6) is 0.790. The number of hydrogen-bond acceptors (Lipinski definition) is 3. The predicted octanol–water partition coefficient (Wildman–Crippen LogP) is 4.16. The SMILES string of the molecule is Cc1oc(C(C)(C)C)c(COc2ccccc2)c1C(=O)O. The molecule has 0 unspecified atom stereocenters. The lowest BCUT2D eigenvalue weighted by molar-refractivity contribution is 0.0692. The molecule has 0 fully saturated rings. The molecule has 0 aliphatic carbocycles. The molecule has 0 radical (unpaired) electrons. The minimum absolute atomic E-state index is 0.176. The number of aromatic carboxylic acids is 1. The minimum atomic E-state index is -0.988. The first-order chi connectivity index (χ1) is 9.80. The van der Waals surface area contributed by atoms with Gasteiger partial charge in [-0.2, -0.15) is 0 Å². The molecule has 21 heavy (non-hydrogen) atoms. The first kappa shape index (κ1) is 15.2. The third-order valence-electron chi connectivity index (χ3n) is 3.20. The van der Waals surface area contributed by atoms with Crippen molar-refractivity contribution in [2.45, 2.75) is 39.7 Å². The fourth-order valence-corrected chi connectivity index (χ4v) is 2.29. The Bertz CT molecular complexity index is 633. The van der Waals surface area contributed by atoms with E-state index in [1.807, 2.05) is 51.1 Å². The number of furan rings is 1. The van der Waals surface area contributed by atoms with E-state index in [1.54, 1.807) is 6.92 Å². The van der Waals surface area contributed by atoms with E-state index in [1.165, 1.54) is 0 Å². The van der Waals surface area contributed by atoms with Crippen LogP contribution in [0, 0.1) is 6.92 Å². The highest BCUT2D eigenvalue weighted by atomic mass is 16.5. The fraction of sp³-hybridized carbons (Fsp3) is 0.353. The van der Waals surface area contributed by atoms with E-state index < -0.39 is 5.97 Å². The first-order valence-corrected chi connectivity index (χ1v) is 6.84. The lowest BCUT2D eigenvalue weighted by Crippen LogP contribution is -2.15. The number of benzene rings is 1. The highest BCUT2D eigenvalue weighted by molar-refractivity contribution is 5.91. The molecule has 1 N–H and O–H groups in total. The van der Waals surface area contributed by atoms with Gasteiger partial charge in [0, 0.05) is 11.0 Å². The molecule has 1 aromatic heterocycles. The summed E-state index contributed by atoms with van der Waals surface area (Å²) in [6.07, 6.45) is 0. The van der Waals surface area contributed by atoms with Gasteiger partial charge in [0.15, 0.2) is 0 Å². The average Bonchev–Trinajstić information content (AvgIpc) is 2.74. The van der Waals surface area contributed by atoms with Crippen molar-refractivity contribution < 1.29 is 19.1 Å². The van der Waals surface area contributed by atoms with Gasteiger partial charge in [0.05, 0.1) is 0 Å². The molecule has 0 bridgehead atoms. The van der Waals surface area contributed by atoms with Crippen LogP contribution in [0.15, 0.2) is 34.7 Å². The molecule has 2 rings (SSSR count).